The molecule has 4 nitrogen and oxygen atoms in total. The van der Waals surface area contributed by atoms with Crippen molar-refractivity contribution < 1.29 is 19.4 Å². The van der Waals surface area contributed by atoms with E-state index in [1.54, 1.807) is 0 Å². The predicted molar refractivity (Wildman–Crippen MR) is 52.3 cm³/mol. The van der Waals surface area contributed by atoms with Crippen molar-refractivity contribution in [1.29, 1.82) is 0 Å². The second-order valence-electron chi connectivity index (χ2n) is 3.60. The van der Waals surface area contributed by atoms with Crippen LogP contribution in [0.15, 0.2) is 0 Å². The highest BCUT2D eigenvalue weighted by molar-refractivity contribution is 8.00. The SMILES string of the molecule is O=C(O)C1COC(CC2CCCS2)O1. The Kier molecular flexibility index (Phi) is 3.30. The van der Waals surface area contributed by atoms with E-state index in [0.29, 0.717) is 5.25 Å². The van der Waals surface area contributed by atoms with Crippen molar-refractivity contribution >= 4 is 17.7 Å². The molecule has 0 radical (unpaired) electrons. The number of hydrogen-bond acceptors (Lipinski definition) is 4. The van der Waals surface area contributed by atoms with Gasteiger partial charge in [0.2, 0.25) is 0 Å². The van der Waals surface area contributed by atoms with Crippen LogP contribution in [0.5, 0.6) is 0 Å². The Balaban J connectivity index is 1.75. The molecular weight excluding hydrogens is 204 g/mol. The van der Waals surface area contributed by atoms with Crippen molar-refractivity contribution in [2.45, 2.75) is 36.9 Å². The lowest BCUT2D eigenvalue weighted by Gasteiger charge is -2.13. The average Bonchev–Trinajstić information content (AvgIpc) is 2.75. The number of rotatable bonds is 3. The van der Waals surface area contributed by atoms with Gasteiger partial charge in [-0.05, 0) is 18.6 Å². The number of carboxylic acids is 1. The maximum Gasteiger partial charge on any atom is 0.335 e. The van der Waals surface area contributed by atoms with Crippen LogP contribution in [-0.4, -0.2) is 41.1 Å². The molecule has 0 aromatic heterocycles. The van der Waals surface area contributed by atoms with Crippen molar-refractivity contribution in [3.05, 3.63) is 0 Å². The molecule has 3 atom stereocenters. The van der Waals surface area contributed by atoms with Gasteiger partial charge in [0.1, 0.15) is 0 Å². The van der Waals surface area contributed by atoms with E-state index in [9.17, 15) is 4.79 Å². The van der Waals surface area contributed by atoms with Crippen molar-refractivity contribution in [2.75, 3.05) is 12.4 Å². The first-order valence-corrected chi connectivity index (χ1v) is 5.92. The van der Waals surface area contributed by atoms with E-state index in [1.807, 2.05) is 11.8 Å². The Morgan fingerprint density at radius 2 is 2.43 bits per heavy atom. The third-order valence-corrected chi connectivity index (χ3v) is 3.93. The topological polar surface area (TPSA) is 55.8 Å². The number of thioether (sulfide) groups is 1. The zero-order chi connectivity index (χ0) is 9.97. The van der Waals surface area contributed by atoms with E-state index in [0.717, 1.165) is 6.42 Å². The van der Waals surface area contributed by atoms with Crippen molar-refractivity contribution in [1.82, 2.24) is 0 Å². The van der Waals surface area contributed by atoms with Gasteiger partial charge in [-0.3, -0.25) is 0 Å². The molecule has 5 heteroatoms. The number of carboxylic acid groups (broad SMARTS) is 1. The Bertz CT molecular complexity index is 215. The molecule has 0 spiro atoms. The minimum absolute atomic E-state index is 0.192. The maximum atomic E-state index is 10.6. The lowest BCUT2D eigenvalue weighted by molar-refractivity contribution is -0.150. The normalized spacial score (nSPS) is 37.6. The van der Waals surface area contributed by atoms with Crippen LogP contribution in [0.3, 0.4) is 0 Å². The highest BCUT2D eigenvalue weighted by Gasteiger charge is 2.33. The quantitative estimate of drug-likeness (QED) is 0.768. The summed E-state index contributed by atoms with van der Waals surface area (Å²) in [5, 5.41) is 9.27. The molecule has 2 fully saturated rings. The standard InChI is InChI=1S/C9H14O4S/c10-9(11)7-5-12-8(13-7)4-6-2-1-3-14-6/h6-8H,1-5H2,(H,10,11). The summed E-state index contributed by atoms with van der Waals surface area (Å²) in [6.07, 6.45) is 2.22. The van der Waals surface area contributed by atoms with Crippen LogP contribution < -0.4 is 0 Å². The van der Waals surface area contributed by atoms with E-state index in [2.05, 4.69) is 0 Å². The molecule has 0 amide bonds. The fourth-order valence-corrected chi connectivity index (χ4v) is 3.05. The lowest BCUT2D eigenvalue weighted by atomic mass is 10.2. The lowest BCUT2D eigenvalue weighted by Crippen LogP contribution is -2.23. The van der Waals surface area contributed by atoms with Gasteiger partial charge in [0.15, 0.2) is 12.4 Å². The first-order valence-electron chi connectivity index (χ1n) is 4.87. The van der Waals surface area contributed by atoms with Gasteiger partial charge < -0.3 is 14.6 Å². The smallest absolute Gasteiger partial charge is 0.335 e. The molecule has 0 bridgehead atoms. The fraction of sp³-hybridized carbons (Fsp3) is 0.889. The molecule has 0 aromatic carbocycles. The zero-order valence-corrected chi connectivity index (χ0v) is 8.66. The third-order valence-electron chi connectivity index (χ3n) is 2.50. The number of ether oxygens (including phenoxy) is 2. The van der Waals surface area contributed by atoms with Crippen LogP contribution in [0.2, 0.25) is 0 Å². The summed E-state index contributed by atoms with van der Waals surface area (Å²) in [5.74, 6) is 0.284. The van der Waals surface area contributed by atoms with E-state index in [4.69, 9.17) is 14.6 Å². The molecule has 14 heavy (non-hydrogen) atoms. The molecule has 2 aliphatic rings. The molecule has 3 unspecified atom stereocenters. The zero-order valence-electron chi connectivity index (χ0n) is 7.85. The molecule has 0 aromatic rings. The molecule has 2 saturated heterocycles. The fourth-order valence-electron chi connectivity index (χ4n) is 1.75. The monoisotopic (exact) mass is 218 g/mol. The van der Waals surface area contributed by atoms with E-state index < -0.39 is 12.1 Å². The van der Waals surface area contributed by atoms with Crippen LogP contribution in [0.1, 0.15) is 19.3 Å². The third kappa shape index (κ3) is 2.40. The number of carbonyl (C=O) groups is 1. The van der Waals surface area contributed by atoms with E-state index in [-0.39, 0.29) is 12.9 Å². The molecule has 1 N–H and O–H groups in total. The van der Waals surface area contributed by atoms with E-state index in [1.165, 1.54) is 18.6 Å². The summed E-state index contributed by atoms with van der Waals surface area (Å²) in [4.78, 5) is 10.6. The summed E-state index contributed by atoms with van der Waals surface area (Å²) in [7, 11) is 0. The Morgan fingerprint density at radius 1 is 1.57 bits per heavy atom. The van der Waals surface area contributed by atoms with Crippen molar-refractivity contribution in [2.24, 2.45) is 0 Å². The predicted octanol–water partition coefficient (Wildman–Crippen LogP) is 1.10. The molecule has 2 heterocycles. The van der Waals surface area contributed by atoms with Gasteiger partial charge >= 0.3 is 5.97 Å². The largest absolute Gasteiger partial charge is 0.479 e. The highest BCUT2D eigenvalue weighted by atomic mass is 32.2. The summed E-state index contributed by atoms with van der Waals surface area (Å²) < 4.78 is 10.5. The van der Waals surface area contributed by atoms with Crippen molar-refractivity contribution in [3.63, 3.8) is 0 Å². The molecule has 2 aliphatic heterocycles. The Labute approximate surface area is 87.0 Å². The first-order chi connectivity index (χ1) is 6.75. The summed E-state index contributed by atoms with van der Waals surface area (Å²) >= 11 is 1.93. The highest BCUT2D eigenvalue weighted by Crippen LogP contribution is 2.31. The molecule has 2 rings (SSSR count). The Hall–Kier alpha value is -0.260. The minimum Gasteiger partial charge on any atom is -0.479 e. The van der Waals surface area contributed by atoms with Gasteiger partial charge in [0, 0.05) is 11.7 Å². The van der Waals surface area contributed by atoms with Gasteiger partial charge in [-0.1, -0.05) is 0 Å². The van der Waals surface area contributed by atoms with Gasteiger partial charge in [-0.15, -0.1) is 0 Å². The van der Waals surface area contributed by atoms with E-state index >= 15 is 0 Å². The van der Waals surface area contributed by atoms with Gasteiger partial charge in [0.05, 0.1) is 6.61 Å². The molecular formula is C9H14O4S. The van der Waals surface area contributed by atoms with Gasteiger partial charge in [0.25, 0.3) is 0 Å². The first kappa shape index (κ1) is 10.3. The second-order valence-corrected chi connectivity index (χ2v) is 5.00. The minimum atomic E-state index is -0.924. The van der Waals surface area contributed by atoms with Crippen LogP contribution in [0.4, 0.5) is 0 Å². The van der Waals surface area contributed by atoms with Crippen LogP contribution in [-0.2, 0) is 14.3 Å². The average molecular weight is 218 g/mol. The molecule has 0 aliphatic carbocycles. The van der Waals surface area contributed by atoms with Gasteiger partial charge in [-0.2, -0.15) is 11.8 Å². The molecule has 0 saturated carbocycles. The van der Waals surface area contributed by atoms with Crippen molar-refractivity contribution in [3.8, 4) is 0 Å². The number of hydrogen-bond donors (Lipinski definition) is 1. The van der Waals surface area contributed by atoms with Crippen LogP contribution in [0.25, 0.3) is 0 Å². The molecule has 80 valence electrons. The summed E-state index contributed by atoms with van der Waals surface area (Å²) in [6, 6.07) is 0. The summed E-state index contributed by atoms with van der Waals surface area (Å²) in [6.45, 7) is 0.192. The maximum absolute atomic E-state index is 10.6. The summed E-state index contributed by atoms with van der Waals surface area (Å²) in [5.41, 5.74) is 0. The van der Waals surface area contributed by atoms with Crippen LogP contribution in [0, 0.1) is 0 Å². The Morgan fingerprint density at radius 3 is 3.00 bits per heavy atom. The van der Waals surface area contributed by atoms with Crippen LogP contribution >= 0.6 is 11.8 Å². The van der Waals surface area contributed by atoms with Gasteiger partial charge in [-0.25, -0.2) is 4.79 Å². The number of aliphatic carboxylic acids is 1. The second kappa shape index (κ2) is 4.51.